The monoisotopic (exact) mass is 304 g/mol. The number of methoxy groups -OCH3 is 1. The van der Waals surface area contributed by atoms with Crippen LogP contribution in [0.3, 0.4) is 0 Å². The molecule has 0 aromatic heterocycles. The maximum absolute atomic E-state index is 13.5. The normalized spacial score (nSPS) is 11.8. The molecule has 0 saturated carbocycles. The zero-order valence-corrected chi connectivity index (χ0v) is 12.6. The van der Waals surface area contributed by atoms with Crippen molar-refractivity contribution in [3.63, 3.8) is 0 Å². The fourth-order valence-electron chi connectivity index (χ4n) is 1.71. The van der Waals surface area contributed by atoms with Crippen LogP contribution in [-0.2, 0) is 21.3 Å². The minimum Gasteiger partial charge on any atom is -0.385 e. The van der Waals surface area contributed by atoms with Gasteiger partial charge in [-0.2, -0.15) is 0 Å². The molecule has 7 heteroatoms. The Morgan fingerprint density at radius 2 is 2.05 bits per heavy atom. The first-order chi connectivity index (χ1) is 9.51. The van der Waals surface area contributed by atoms with Crippen LogP contribution in [-0.4, -0.2) is 35.7 Å². The van der Waals surface area contributed by atoms with Crippen molar-refractivity contribution in [1.29, 1.82) is 0 Å². The van der Waals surface area contributed by atoms with Gasteiger partial charge in [0.05, 0.1) is 4.90 Å². The molecule has 114 valence electrons. The molecule has 0 amide bonds. The summed E-state index contributed by atoms with van der Waals surface area (Å²) in [6, 6.07) is 3.79. The highest BCUT2D eigenvalue weighted by Crippen LogP contribution is 2.15. The largest absolute Gasteiger partial charge is 0.385 e. The predicted molar refractivity (Wildman–Crippen MR) is 75.5 cm³/mol. The summed E-state index contributed by atoms with van der Waals surface area (Å²) in [6.07, 6.45) is 1.48. The Hall–Kier alpha value is -1.02. The Bertz CT molecular complexity index is 520. The highest BCUT2D eigenvalue weighted by atomic mass is 32.2. The molecular formula is C13H21FN2O3S. The lowest BCUT2D eigenvalue weighted by Crippen LogP contribution is -2.25. The van der Waals surface area contributed by atoms with E-state index >= 15 is 0 Å². The van der Waals surface area contributed by atoms with Crippen molar-refractivity contribution in [2.24, 2.45) is 0 Å². The number of nitrogens with one attached hydrogen (secondary N) is 2. The summed E-state index contributed by atoms with van der Waals surface area (Å²) in [6.45, 7) is 1.22. The van der Waals surface area contributed by atoms with Crippen molar-refractivity contribution in [1.82, 2.24) is 10.0 Å². The Labute approximate surface area is 119 Å². The molecule has 20 heavy (non-hydrogen) atoms. The molecule has 1 aromatic rings. The molecule has 0 aliphatic heterocycles. The Kier molecular flexibility index (Phi) is 7.08. The van der Waals surface area contributed by atoms with Crippen LogP contribution in [0.2, 0.25) is 0 Å². The van der Waals surface area contributed by atoms with Gasteiger partial charge in [-0.25, -0.2) is 17.5 Å². The molecule has 0 unspecified atom stereocenters. The van der Waals surface area contributed by atoms with E-state index in [4.69, 9.17) is 4.74 Å². The summed E-state index contributed by atoms with van der Waals surface area (Å²) in [4.78, 5) is 0.0795. The van der Waals surface area contributed by atoms with Gasteiger partial charge >= 0.3 is 0 Å². The number of benzene rings is 1. The first-order valence-electron chi connectivity index (χ1n) is 6.43. The molecule has 2 N–H and O–H groups in total. The smallest absolute Gasteiger partial charge is 0.240 e. The van der Waals surface area contributed by atoms with Gasteiger partial charge in [0.15, 0.2) is 0 Å². The SMILES string of the molecule is CNCc1cc(S(=O)(=O)NCCCCOC)ccc1F. The fraction of sp³-hybridized carbons (Fsp3) is 0.538. The van der Waals surface area contributed by atoms with Gasteiger partial charge in [0.2, 0.25) is 10.0 Å². The topological polar surface area (TPSA) is 67.4 Å². The predicted octanol–water partition coefficient (Wildman–Crippen LogP) is 1.25. The van der Waals surface area contributed by atoms with E-state index in [2.05, 4.69) is 10.0 Å². The molecule has 0 atom stereocenters. The molecule has 0 spiro atoms. The van der Waals surface area contributed by atoms with E-state index in [1.54, 1.807) is 14.2 Å². The average Bonchev–Trinajstić information content (AvgIpc) is 2.41. The van der Waals surface area contributed by atoms with E-state index in [0.29, 0.717) is 25.1 Å². The molecule has 0 heterocycles. The van der Waals surface area contributed by atoms with E-state index < -0.39 is 15.8 Å². The molecule has 0 aliphatic rings. The second-order valence-corrected chi connectivity index (χ2v) is 6.15. The van der Waals surface area contributed by atoms with Crippen molar-refractivity contribution in [3.8, 4) is 0 Å². The lowest BCUT2D eigenvalue weighted by Gasteiger charge is -2.09. The van der Waals surface area contributed by atoms with E-state index in [1.807, 2.05) is 0 Å². The highest BCUT2D eigenvalue weighted by Gasteiger charge is 2.15. The van der Waals surface area contributed by atoms with Crippen molar-refractivity contribution in [2.45, 2.75) is 24.3 Å². The Morgan fingerprint density at radius 1 is 1.30 bits per heavy atom. The average molecular weight is 304 g/mol. The molecule has 0 fully saturated rings. The first-order valence-corrected chi connectivity index (χ1v) is 7.91. The molecular weight excluding hydrogens is 283 g/mol. The lowest BCUT2D eigenvalue weighted by atomic mass is 10.2. The Balaban J connectivity index is 2.69. The number of ether oxygens (including phenoxy) is 1. The summed E-state index contributed by atoms with van der Waals surface area (Å²) in [5, 5.41) is 2.80. The molecule has 0 saturated heterocycles. The molecule has 0 aliphatic carbocycles. The van der Waals surface area contributed by atoms with E-state index in [0.717, 1.165) is 6.42 Å². The van der Waals surface area contributed by atoms with Gasteiger partial charge in [-0.1, -0.05) is 0 Å². The summed E-state index contributed by atoms with van der Waals surface area (Å²) >= 11 is 0. The zero-order chi connectivity index (χ0) is 15.0. The summed E-state index contributed by atoms with van der Waals surface area (Å²) in [5.74, 6) is -0.418. The number of sulfonamides is 1. The highest BCUT2D eigenvalue weighted by molar-refractivity contribution is 7.89. The number of halogens is 1. The molecule has 1 rings (SSSR count). The van der Waals surface area contributed by atoms with Gasteiger partial charge in [-0.3, -0.25) is 0 Å². The van der Waals surface area contributed by atoms with Crippen molar-refractivity contribution < 1.29 is 17.5 Å². The summed E-state index contributed by atoms with van der Waals surface area (Å²) < 4.78 is 44.9. The maximum Gasteiger partial charge on any atom is 0.240 e. The third-order valence-corrected chi connectivity index (χ3v) is 4.22. The van der Waals surface area contributed by atoms with E-state index in [9.17, 15) is 12.8 Å². The van der Waals surface area contributed by atoms with Crippen LogP contribution >= 0.6 is 0 Å². The summed E-state index contributed by atoms with van der Waals surface area (Å²) in [7, 11) is -0.312. The Morgan fingerprint density at radius 3 is 2.70 bits per heavy atom. The van der Waals surface area contributed by atoms with Crippen molar-refractivity contribution in [3.05, 3.63) is 29.6 Å². The van der Waals surface area contributed by atoms with Crippen LogP contribution < -0.4 is 10.0 Å². The van der Waals surface area contributed by atoms with Gasteiger partial charge in [-0.15, -0.1) is 0 Å². The number of hydrogen-bond acceptors (Lipinski definition) is 4. The van der Waals surface area contributed by atoms with Crippen LogP contribution in [0, 0.1) is 5.82 Å². The quantitative estimate of drug-likeness (QED) is 0.674. The minimum atomic E-state index is -3.59. The first kappa shape index (κ1) is 17.0. The van der Waals surface area contributed by atoms with Crippen molar-refractivity contribution in [2.75, 3.05) is 27.3 Å². The van der Waals surface area contributed by atoms with Gasteiger partial charge in [-0.05, 0) is 38.1 Å². The fourth-order valence-corrected chi connectivity index (χ4v) is 2.83. The van der Waals surface area contributed by atoms with E-state index in [1.165, 1.54) is 18.2 Å². The zero-order valence-electron chi connectivity index (χ0n) is 11.8. The van der Waals surface area contributed by atoms with Gasteiger partial charge in [0.25, 0.3) is 0 Å². The summed E-state index contributed by atoms with van der Waals surface area (Å²) in [5.41, 5.74) is 0.328. The van der Waals surface area contributed by atoms with Crippen LogP contribution in [0.1, 0.15) is 18.4 Å². The van der Waals surface area contributed by atoms with Crippen LogP contribution in [0.15, 0.2) is 23.1 Å². The second-order valence-electron chi connectivity index (χ2n) is 4.38. The van der Waals surface area contributed by atoms with Crippen LogP contribution in [0.5, 0.6) is 0 Å². The lowest BCUT2D eigenvalue weighted by molar-refractivity contribution is 0.193. The molecule has 0 bridgehead atoms. The van der Waals surface area contributed by atoms with Crippen LogP contribution in [0.25, 0.3) is 0 Å². The van der Waals surface area contributed by atoms with Crippen molar-refractivity contribution >= 4 is 10.0 Å². The van der Waals surface area contributed by atoms with Crippen LogP contribution in [0.4, 0.5) is 4.39 Å². The van der Waals surface area contributed by atoms with Gasteiger partial charge in [0.1, 0.15) is 5.82 Å². The van der Waals surface area contributed by atoms with Gasteiger partial charge in [0, 0.05) is 32.4 Å². The number of hydrogen-bond donors (Lipinski definition) is 2. The third kappa shape index (κ3) is 5.16. The number of rotatable bonds is 9. The standard InChI is InChI=1S/C13H21FN2O3S/c1-15-10-11-9-12(5-6-13(11)14)20(17,18)16-7-3-4-8-19-2/h5-6,9,15-16H,3-4,7-8,10H2,1-2H3. The molecule has 1 aromatic carbocycles. The molecule has 5 nitrogen and oxygen atoms in total. The minimum absolute atomic E-state index is 0.0795. The number of unbranched alkanes of at least 4 members (excludes halogenated alkanes) is 1. The third-order valence-electron chi connectivity index (χ3n) is 2.76. The maximum atomic E-state index is 13.5. The molecule has 0 radical (unpaired) electrons. The van der Waals surface area contributed by atoms with E-state index in [-0.39, 0.29) is 11.4 Å². The van der Waals surface area contributed by atoms with Gasteiger partial charge < -0.3 is 10.1 Å². The second kappa shape index (κ2) is 8.31.